The van der Waals surface area contributed by atoms with E-state index in [4.69, 9.17) is 21.1 Å². The maximum atomic E-state index is 15.0. The topological polar surface area (TPSA) is 69.4 Å². The largest absolute Gasteiger partial charge is 0.400 e. The van der Waals surface area contributed by atoms with Gasteiger partial charge in [0.15, 0.2) is 5.82 Å². The Balaban J connectivity index is 1.41. The van der Waals surface area contributed by atoms with Gasteiger partial charge in [-0.25, -0.2) is 9.18 Å². The molecule has 1 amide bonds. The maximum Gasteiger partial charge on any atom is 0.350 e. The lowest BCUT2D eigenvalue weighted by atomic mass is 9.84. The smallest absolute Gasteiger partial charge is 0.350 e. The molecule has 0 saturated heterocycles. The number of carbonyl (C=O) groups is 1. The van der Waals surface area contributed by atoms with E-state index < -0.39 is 14.1 Å². The van der Waals surface area contributed by atoms with E-state index in [9.17, 15) is 14.0 Å². The summed E-state index contributed by atoms with van der Waals surface area (Å²) in [5, 5.41) is 6.99. The van der Waals surface area contributed by atoms with Gasteiger partial charge in [0, 0.05) is 24.6 Å². The van der Waals surface area contributed by atoms with Crippen molar-refractivity contribution in [3.63, 3.8) is 0 Å². The average molecular weight is 695 g/mol. The van der Waals surface area contributed by atoms with Crippen molar-refractivity contribution in [2.24, 2.45) is 0 Å². The number of hydrogen-bond acceptors (Lipinski definition) is 4. The maximum absolute atomic E-state index is 15.0. The van der Waals surface area contributed by atoms with Gasteiger partial charge in [-0.2, -0.15) is 4.68 Å². The number of fused-ring (bicyclic) bond motifs is 1. The summed E-state index contributed by atoms with van der Waals surface area (Å²) in [6.07, 6.45) is 0. The molecular formula is C39H40ClFN4O3Si. The van der Waals surface area contributed by atoms with Gasteiger partial charge in [0.05, 0.1) is 23.0 Å². The molecule has 7 nitrogen and oxygen atoms in total. The van der Waals surface area contributed by atoms with Crippen molar-refractivity contribution in [2.45, 2.75) is 58.7 Å². The quantitative estimate of drug-likeness (QED) is 0.121. The first kappa shape index (κ1) is 34.3. The number of hydrogen-bond donors (Lipinski definition) is 0. The zero-order valence-electron chi connectivity index (χ0n) is 28.4. The van der Waals surface area contributed by atoms with E-state index in [2.05, 4.69) is 51.6 Å². The van der Waals surface area contributed by atoms with Crippen molar-refractivity contribution in [1.29, 1.82) is 0 Å². The molecular weight excluding hydrogens is 655 g/mol. The van der Waals surface area contributed by atoms with Crippen molar-refractivity contribution in [3.8, 4) is 5.69 Å². The molecule has 5 aromatic rings. The van der Waals surface area contributed by atoms with Gasteiger partial charge in [-0.05, 0) is 65.2 Å². The lowest BCUT2D eigenvalue weighted by molar-refractivity contribution is 0.0977. The normalized spacial score (nSPS) is 15.0. The second kappa shape index (κ2) is 13.4. The molecule has 49 heavy (non-hydrogen) atoms. The highest BCUT2D eigenvalue weighted by Crippen LogP contribution is 2.40. The fraction of sp³-hybridized carbons (Fsp3) is 0.256. The SMILES string of the molecule is C=C(C)[C@H]1CN(c2c(F)cccc2Cl)C(=O)c2ccc(-n3nc(CO[Si](c4ccccc4)(c4ccccc4)C(C)(C)C)n(CC)c3=O)cc21. The van der Waals surface area contributed by atoms with Gasteiger partial charge in [-0.15, -0.1) is 5.10 Å². The van der Waals surface area contributed by atoms with Crippen LogP contribution < -0.4 is 21.0 Å². The number of rotatable bonds is 9. The van der Waals surface area contributed by atoms with Crippen LogP contribution in [0.4, 0.5) is 10.1 Å². The van der Waals surface area contributed by atoms with Gasteiger partial charge in [0.25, 0.3) is 14.2 Å². The summed E-state index contributed by atoms with van der Waals surface area (Å²) in [4.78, 5) is 29.1. The first-order valence-electron chi connectivity index (χ1n) is 16.4. The molecule has 252 valence electrons. The average Bonchev–Trinajstić information content (AvgIpc) is 3.40. The monoisotopic (exact) mass is 694 g/mol. The minimum atomic E-state index is -2.90. The number of para-hydroxylation sites is 1. The number of amides is 1. The van der Waals surface area contributed by atoms with E-state index in [1.807, 2.05) is 56.3 Å². The Morgan fingerprint density at radius 3 is 2.16 bits per heavy atom. The van der Waals surface area contributed by atoms with Gasteiger partial charge in [0.1, 0.15) is 5.82 Å². The molecule has 1 aliphatic rings. The third-order valence-electron chi connectivity index (χ3n) is 9.39. The highest BCUT2D eigenvalue weighted by atomic mass is 35.5. The Hall–Kier alpha value is -4.57. The minimum absolute atomic E-state index is 0.0404. The molecule has 0 aliphatic carbocycles. The Kier molecular flexibility index (Phi) is 9.37. The van der Waals surface area contributed by atoms with Crippen molar-refractivity contribution in [1.82, 2.24) is 14.3 Å². The van der Waals surface area contributed by atoms with Crippen LogP contribution in [0.5, 0.6) is 0 Å². The van der Waals surface area contributed by atoms with E-state index >= 15 is 0 Å². The summed E-state index contributed by atoms with van der Waals surface area (Å²) in [5.74, 6) is -0.779. The van der Waals surface area contributed by atoms with Crippen LogP contribution in [0.2, 0.25) is 10.1 Å². The zero-order valence-corrected chi connectivity index (χ0v) is 30.2. The number of carbonyl (C=O) groups excluding carboxylic acids is 1. The Bertz CT molecular complexity index is 2030. The standard InChI is InChI=1S/C39H40ClFN4O3Si/c1-7-43-35(25-48-49(39(4,5)6,28-15-10-8-11-16-28)29-17-12-9-13-18-29)42-45(38(43)47)27-21-22-30-31(23-27)32(26(2)3)24-44(37(30)46)36-33(40)19-14-20-34(36)41/h8-23,32H,2,7,24-25H2,1,3-6H3/t32-/m1/s1. The Morgan fingerprint density at radius 2 is 1.61 bits per heavy atom. The van der Waals surface area contributed by atoms with Gasteiger partial charge in [0.2, 0.25) is 0 Å². The van der Waals surface area contributed by atoms with Crippen LogP contribution >= 0.6 is 11.6 Å². The summed E-state index contributed by atoms with van der Waals surface area (Å²) in [7, 11) is -2.90. The molecule has 0 unspecified atom stereocenters. The summed E-state index contributed by atoms with van der Waals surface area (Å²) < 4.78 is 25.1. The predicted molar refractivity (Wildman–Crippen MR) is 197 cm³/mol. The number of halogens is 2. The zero-order chi connectivity index (χ0) is 35.1. The van der Waals surface area contributed by atoms with Crippen LogP contribution in [0.15, 0.2) is 114 Å². The summed E-state index contributed by atoms with van der Waals surface area (Å²) in [5.41, 5.74) is 2.12. The molecule has 2 heterocycles. The highest BCUT2D eigenvalue weighted by molar-refractivity contribution is 6.99. The van der Waals surface area contributed by atoms with Crippen molar-refractivity contribution in [2.75, 3.05) is 11.4 Å². The molecule has 0 saturated carbocycles. The number of benzene rings is 4. The number of anilines is 1. The van der Waals surface area contributed by atoms with Crippen LogP contribution in [0, 0.1) is 5.82 Å². The van der Waals surface area contributed by atoms with Crippen LogP contribution in [0.1, 0.15) is 62.3 Å². The Morgan fingerprint density at radius 1 is 0.980 bits per heavy atom. The third-order valence-corrected chi connectivity index (χ3v) is 14.7. The van der Waals surface area contributed by atoms with E-state index in [0.29, 0.717) is 29.2 Å². The van der Waals surface area contributed by atoms with Crippen LogP contribution in [-0.2, 0) is 17.6 Å². The van der Waals surface area contributed by atoms with Crippen LogP contribution in [-0.4, -0.2) is 35.1 Å². The molecule has 6 rings (SSSR count). The molecule has 0 N–H and O–H groups in total. The predicted octanol–water partition coefficient (Wildman–Crippen LogP) is 7.24. The fourth-order valence-electron chi connectivity index (χ4n) is 7.00. The van der Waals surface area contributed by atoms with Crippen LogP contribution in [0.3, 0.4) is 0 Å². The molecule has 0 radical (unpaired) electrons. The molecule has 1 aliphatic heterocycles. The summed E-state index contributed by atoms with van der Waals surface area (Å²) >= 11 is 6.37. The van der Waals surface area contributed by atoms with Gasteiger partial charge in [-0.1, -0.05) is 111 Å². The second-order valence-corrected chi connectivity index (χ2v) is 18.2. The molecule has 0 bridgehead atoms. The summed E-state index contributed by atoms with van der Waals surface area (Å²) in [6, 6.07) is 30.2. The first-order chi connectivity index (χ1) is 23.4. The lowest BCUT2D eigenvalue weighted by Crippen LogP contribution is -2.66. The molecule has 0 fully saturated rings. The molecule has 4 aromatic carbocycles. The van der Waals surface area contributed by atoms with Crippen molar-refractivity contribution < 1.29 is 13.6 Å². The molecule has 1 aromatic heterocycles. The van der Waals surface area contributed by atoms with Gasteiger partial charge in [-0.3, -0.25) is 9.36 Å². The number of aromatic nitrogens is 3. The minimum Gasteiger partial charge on any atom is -0.400 e. The summed E-state index contributed by atoms with van der Waals surface area (Å²) in [6.45, 7) is 15.3. The van der Waals surface area contributed by atoms with Crippen LogP contribution in [0.25, 0.3) is 5.69 Å². The fourth-order valence-corrected chi connectivity index (χ4v) is 11.8. The number of nitrogens with zero attached hydrogens (tertiary/aromatic N) is 4. The highest BCUT2D eigenvalue weighted by Gasteiger charge is 2.50. The lowest BCUT2D eigenvalue weighted by Gasteiger charge is -2.42. The molecule has 10 heteroatoms. The van der Waals surface area contributed by atoms with E-state index in [1.54, 1.807) is 22.8 Å². The van der Waals surface area contributed by atoms with E-state index in [0.717, 1.165) is 15.9 Å². The third kappa shape index (κ3) is 6.00. The van der Waals surface area contributed by atoms with E-state index in [1.165, 1.54) is 21.7 Å². The van der Waals surface area contributed by atoms with Crippen molar-refractivity contribution >= 4 is 41.9 Å². The van der Waals surface area contributed by atoms with E-state index in [-0.39, 0.29) is 46.4 Å². The van der Waals surface area contributed by atoms with Gasteiger partial charge < -0.3 is 9.33 Å². The Labute approximate surface area is 292 Å². The molecule has 1 atom stereocenters. The van der Waals surface area contributed by atoms with Gasteiger partial charge >= 0.3 is 5.69 Å². The first-order valence-corrected chi connectivity index (χ1v) is 18.7. The second-order valence-electron chi connectivity index (χ2n) is 13.5. The molecule has 0 spiro atoms. The van der Waals surface area contributed by atoms with Crippen molar-refractivity contribution in [3.05, 3.63) is 147 Å².